The van der Waals surface area contributed by atoms with Crippen molar-refractivity contribution in [2.24, 2.45) is 5.11 Å². The summed E-state index contributed by atoms with van der Waals surface area (Å²) in [6, 6.07) is 10.2. The molecule has 0 spiro atoms. The molecular formula is C13H5ClN6O. The third-order valence-corrected chi connectivity index (χ3v) is 2.86. The topological polar surface area (TPSA) is 118 Å². The highest BCUT2D eigenvalue weighted by Crippen LogP contribution is 2.30. The first-order valence-electron chi connectivity index (χ1n) is 5.53. The maximum atomic E-state index is 11.6. The summed E-state index contributed by atoms with van der Waals surface area (Å²) in [4.78, 5) is 14.2. The van der Waals surface area contributed by atoms with Gasteiger partial charge in [-0.05, 0) is 35.3 Å². The molecular weight excluding hydrogens is 292 g/mol. The Morgan fingerprint density at radius 1 is 1.38 bits per heavy atom. The molecule has 0 saturated heterocycles. The average Bonchev–Trinajstić information content (AvgIpc) is 2.86. The van der Waals surface area contributed by atoms with E-state index in [4.69, 9.17) is 27.7 Å². The van der Waals surface area contributed by atoms with E-state index < -0.39 is 5.24 Å². The highest BCUT2D eigenvalue weighted by molar-refractivity contribution is 6.68. The Bertz CT molecular complexity index is 864. The zero-order chi connectivity index (χ0) is 15.4. The molecule has 0 atom stereocenters. The minimum absolute atomic E-state index is 0.0131. The van der Waals surface area contributed by atoms with Crippen LogP contribution in [0.5, 0.6) is 0 Å². The van der Waals surface area contributed by atoms with Crippen LogP contribution in [0.25, 0.3) is 16.1 Å². The van der Waals surface area contributed by atoms with Crippen molar-refractivity contribution in [2.45, 2.75) is 0 Å². The largest absolute Gasteiger partial charge is 0.311 e. The molecule has 0 saturated carbocycles. The van der Waals surface area contributed by atoms with E-state index >= 15 is 0 Å². The smallest absolute Gasteiger partial charge is 0.269 e. The number of nitriles is 2. The number of hydrogen-bond acceptors (Lipinski definition) is 4. The number of nitrogens with zero attached hydrogens (tertiary/aromatic N) is 6. The number of azide groups is 1. The Labute approximate surface area is 123 Å². The van der Waals surface area contributed by atoms with Crippen molar-refractivity contribution in [3.8, 4) is 17.8 Å². The van der Waals surface area contributed by atoms with E-state index in [1.807, 2.05) is 12.1 Å². The van der Waals surface area contributed by atoms with Crippen LogP contribution < -0.4 is 0 Å². The van der Waals surface area contributed by atoms with E-state index in [-0.39, 0.29) is 16.9 Å². The first-order valence-corrected chi connectivity index (χ1v) is 5.91. The van der Waals surface area contributed by atoms with Gasteiger partial charge in [-0.25, -0.2) is 0 Å². The monoisotopic (exact) mass is 296 g/mol. The summed E-state index contributed by atoms with van der Waals surface area (Å²) in [6.07, 6.45) is 1.33. The van der Waals surface area contributed by atoms with E-state index in [1.165, 1.54) is 16.8 Å². The Hall–Kier alpha value is -3.25. The zero-order valence-electron chi connectivity index (χ0n) is 10.4. The molecule has 0 unspecified atom stereocenters. The van der Waals surface area contributed by atoms with Crippen molar-refractivity contribution in [3.05, 3.63) is 57.7 Å². The summed E-state index contributed by atoms with van der Waals surface area (Å²) < 4.78 is 1.32. The van der Waals surface area contributed by atoms with E-state index in [0.717, 1.165) is 0 Å². The fraction of sp³-hybridized carbons (Fsp3) is 0. The second kappa shape index (κ2) is 5.81. The lowest BCUT2D eigenvalue weighted by Gasteiger charge is -2.06. The third kappa shape index (κ3) is 2.56. The predicted molar refractivity (Wildman–Crippen MR) is 74.2 cm³/mol. The summed E-state index contributed by atoms with van der Waals surface area (Å²) in [5, 5.41) is 20.4. The standard InChI is InChI=1S/C13H5ClN6O/c14-13(21)12-11(18-19-17)9(6-16)7-20(12)10-3-1-2-8(4-10)5-15/h1-4,7H. The Kier molecular flexibility index (Phi) is 3.92. The van der Waals surface area contributed by atoms with Crippen LogP contribution in [0, 0.1) is 22.7 Å². The van der Waals surface area contributed by atoms with Crippen molar-refractivity contribution >= 4 is 22.5 Å². The number of aromatic nitrogens is 1. The lowest BCUT2D eigenvalue weighted by molar-refractivity contribution is 0.107. The first kappa shape index (κ1) is 14.2. The molecule has 0 aliphatic rings. The summed E-state index contributed by atoms with van der Waals surface area (Å²) in [5.41, 5.74) is 9.13. The normalized spacial score (nSPS) is 9.29. The van der Waals surface area contributed by atoms with Gasteiger partial charge in [0.1, 0.15) is 11.8 Å². The van der Waals surface area contributed by atoms with Gasteiger partial charge in [0.2, 0.25) is 0 Å². The van der Waals surface area contributed by atoms with Crippen molar-refractivity contribution < 1.29 is 4.79 Å². The van der Waals surface area contributed by atoms with Crippen LogP contribution in [0.2, 0.25) is 0 Å². The van der Waals surface area contributed by atoms with Gasteiger partial charge in [-0.15, -0.1) is 0 Å². The first-order chi connectivity index (χ1) is 10.1. The van der Waals surface area contributed by atoms with Crippen LogP contribution in [0.15, 0.2) is 35.6 Å². The highest BCUT2D eigenvalue weighted by atomic mass is 35.5. The third-order valence-electron chi connectivity index (χ3n) is 2.68. The maximum absolute atomic E-state index is 11.6. The molecule has 0 bridgehead atoms. The molecule has 8 heteroatoms. The summed E-state index contributed by atoms with van der Waals surface area (Å²) >= 11 is 5.53. The van der Waals surface area contributed by atoms with Gasteiger partial charge in [-0.3, -0.25) is 4.79 Å². The Balaban J connectivity index is 2.80. The van der Waals surface area contributed by atoms with Crippen LogP contribution in [0.4, 0.5) is 5.69 Å². The summed E-state index contributed by atoms with van der Waals surface area (Å²) in [7, 11) is 0. The fourth-order valence-electron chi connectivity index (χ4n) is 1.84. The Morgan fingerprint density at radius 2 is 2.14 bits per heavy atom. The van der Waals surface area contributed by atoms with Crippen LogP contribution in [-0.4, -0.2) is 9.81 Å². The molecule has 7 nitrogen and oxygen atoms in total. The lowest BCUT2D eigenvalue weighted by atomic mass is 10.2. The molecule has 0 aliphatic carbocycles. The number of carbonyl (C=O) groups is 1. The molecule has 0 radical (unpaired) electrons. The van der Waals surface area contributed by atoms with Crippen molar-refractivity contribution in [1.82, 2.24) is 4.57 Å². The molecule has 0 fully saturated rings. The van der Waals surface area contributed by atoms with Crippen molar-refractivity contribution in [1.29, 1.82) is 10.5 Å². The number of halogens is 1. The molecule has 0 amide bonds. The SMILES string of the molecule is N#Cc1cccc(-n2cc(C#N)c(N=[N+]=[N-])c2C(=O)Cl)c1. The zero-order valence-corrected chi connectivity index (χ0v) is 11.1. The van der Waals surface area contributed by atoms with Gasteiger partial charge in [-0.2, -0.15) is 10.5 Å². The van der Waals surface area contributed by atoms with E-state index in [1.54, 1.807) is 18.2 Å². The number of carbonyl (C=O) groups excluding carboxylic acids is 1. The van der Waals surface area contributed by atoms with Gasteiger partial charge in [-0.1, -0.05) is 11.2 Å². The van der Waals surface area contributed by atoms with Gasteiger partial charge in [0, 0.05) is 16.8 Å². The second-order valence-electron chi connectivity index (χ2n) is 3.85. The summed E-state index contributed by atoms with van der Waals surface area (Å²) in [6.45, 7) is 0. The molecule has 1 heterocycles. The average molecular weight is 297 g/mol. The molecule has 100 valence electrons. The van der Waals surface area contributed by atoms with Crippen molar-refractivity contribution in [3.63, 3.8) is 0 Å². The van der Waals surface area contributed by atoms with Crippen LogP contribution in [0.1, 0.15) is 21.6 Å². The van der Waals surface area contributed by atoms with Crippen molar-refractivity contribution in [2.75, 3.05) is 0 Å². The highest BCUT2D eigenvalue weighted by Gasteiger charge is 2.20. The number of rotatable bonds is 3. The molecule has 1 aromatic carbocycles. The number of benzene rings is 1. The number of hydrogen-bond donors (Lipinski definition) is 0. The van der Waals surface area contributed by atoms with Gasteiger partial charge in [0.25, 0.3) is 5.24 Å². The second-order valence-corrected chi connectivity index (χ2v) is 4.19. The van der Waals surface area contributed by atoms with Gasteiger partial charge < -0.3 is 4.57 Å². The van der Waals surface area contributed by atoms with Gasteiger partial charge in [0.15, 0.2) is 0 Å². The van der Waals surface area contributed by atoms with Crippen LogP contribution in [0.3, 0.4) is 0 Å². The lowest BCUT2D eigenvalue weighted by Crippen LogP contribution is -2.02. The van der Waals surface area contributed by atoms with E-state index in [2.05, 4.69) is 10.0 Å². The van der Waals surface area contributed by atoms with E-state index in [9.17, 15) is 4.79 Å². The Morgan fingerprint density at radius 3 is 2.71 bits per heavy atom. The minimum Gasteiger partial charge on any atom is -0.311 e. The molecule has 2 aromatic rings. The molecule has 0 N–H and O–H groups in total. The van der Waals surface area contributed by atoms with Crippen LogP contribution in [-0.2, 0) is 0 Å². The quantitative estimate of drug-likeness (QED) is 0.373. The maximum Gasteiger partial charge on any atom is 0.269 e. The molecule has 0 aliphatic heterocycles. The minimum atomic E-state index is -0.874. The summed E-state index contributed by atoms with van der Waals surface area (Å²) in [5.74, 6) is 0. The van der Waals surface area contributed by atoms with Gasteiger partial charge >= 0.3 is 0 Å². The fourth-order valence-corrected chi connectivity index (χ4v) is 2.02. The van der Waals surface area contributed by atoms with Crippen LogP contribution >= 0.6 is 11.6 Å². The molecule has 21 heavy (non-hydrogen) atoms. The van der Waals surface area contributed by atoms with Gasteiger partial charge in [0.05, 0.1) is 22.9 Å². The molecule has 1 aromatic heterocycles. The predicted octanol–water partition coefficient (Wildman–Crippen LogP) is 3.54. The van der Waals surface area contributed by atoms with E-state index in [0.29, 0.717) is 11.3 Å². The molecule has 2 rings (SSSR count).